The molecule has 4 nitrogen and oxygen atoms in total. The minimum Gasteiger partial charge on any atom is -0.333 e. The van der Waals surface area contributed by atoms with Crippen molar-refractivity contribution in [3.8, 4) is 0 Å². The lowest BCUT2D eigenvalue weighted by Gasteiger charge is -2.18. The van der Waals surface area contributed by atoms with Crippen LogP contribution >= 0.6 is 23.4 Å². The molecule has 0 saturated heterocycles. The van der Waals surface area contributed by atoms with Gasteiger partial charge in [-0.15, -0.1) is 0 Å². The molecule has 0 bridgehead atoms. The number of fused-ring (bicyclic) bond motifs is 1. The summed E-state index contributed by atoms with van der Waals surface area (Å²) >= 11 is 6.88. The third-order valence-corrected chi connectivity index (χ3v) is 6.10. The number of carbonyl (C=O) groups is 1. The van der Waals surface area contributed by atoms with Gasteiger partial charge in [0.1, 0.15) is 5.25 Å². The zero-order valence-corrected chi connectivity index (χ0v) is 18.3. The van der Waals surface area contributed by atoms with Crippen LogP contribution in [0.5, 0.6) is 0 Å². The molecule has 2 N–H and O–H groups in total. The van der Waals surface area contributed by atoms with E-state index in [9.17, 15) is 18.0 Å². The predicted molar refractivity (Wildman–Crippen MR) is 121 cm³/mol. The number of alkyl halides is 3. The van der Waals surface area contributed by atoms with E-state index in [0.717, 1.165) is 40.5 Å². The maximum atomic E-state index is 13.5. The van der Waals surface area contributed by atoms with Gasteiger partial charge in [0.15, 0.2) is 5.16 Å². The number of imidazole rings is 1. The Labute approximate surface area is 191 Å². The SMILES string of the molecule is Cc1ccc2nc(S[C@@H](C(=O)Nc3ccc(Cl)cc3C(F)(F)F)c3ccccc3)[nH]c2c1. The summed E-state index contributed by atoms with van der Waals surface area (Å²) in [5.74, 6) is -0.606. The Morgan fingerprint density at radius 2 is 1.84 bits per heavy atom. The second-order valence-electron chi connectivity index (χ2n) is 7.15. The third kappa shape index (κ3) is 4.92. The Hall–Kier alpha value is -2.97. The topological polar surface area (TPSA) is 57.8 Å². The number of nitrogens with one attached hydrogen (secondary N) is 2. The van der Waals surface area contributed by atoms with Gasteiger partial charge in [0.05, 0.1) is 22.3 Å². The van der Waals surface area contributed by atoms with Crippen LogP contribution in [0.25, 0.3) is 11.0 Å². The van der Waals surface area contributed by atoms with Crippen molar-refractivity contribution in [3.63, 3.8) is 0 Å². The first-order valence-corrected chi connectivity index (χ1v) is 10.8. The standard InChI is InChI=1S/C23H17ClF3N3OS/c1-13-7-9-18-19(11-13)30-22(29-18)32-20(14-5-3-2-4-6-14)21(31)28-17-10-8-15(24)12-16(17)23(25,26)27/h2-12,20H,1H3,(H,28,31)(H,29,30)/t20-/m1/s1. The van der Waals surface area contributed by atoms with Crippen LogP contribution < -0.4 is 5.32 Å². The smallest absolute Gasteiger partial charge is 0.333 e. The van der Waals surface area contributed by atoms with Crippen LogP contribution in [0.15, 0.2) is 71.9 Å². The first kappa shape index (κ1) is 22.2. The molecule has 9 heteroatoms. The van der Waals surface area contributed by atoms with E-state index in [2.05, 4.69) is 15.3 Å². The molecule has 1 amide bonds. The van der Waals surface area contributed by atoms with Gasteiger partial charge >= 0.3 is 6.18 Å². The molecule has 0 radical (unpaired) electrons. The number of thioether (sulfide) groups is 1. The fraction of sp³-hybridized carbons (Fsp3) is 0.130. The molecular weight excluding hydrogens is 459 g/mol. The first-order chi connectivity index (χ1) is 15.2. The van der Waals surface area contributed by atoms with E-state index in [-0.39, 0.29) is 10.7 Å². The van der Waals surface area contributed by atoms with Gasteiger partial charge in [-0.25, -0.2) is 4.98 Å². The molecule has 1 aromatic heterocycles. The summed E-state index contributed by atoms with van der Waals surface area (Å²) in [6.07, 6.45) is -4.67. The maximum absolute atomic E-state index is 13.5. The summed E-state index contributed by atoms with van der Waals surface area (Å²) in [4.78, 5) is 20.9. The largest absolute Gasteiger partial charge is 0.418 e. The van der Waals surface area contributed by atoms with Crippen molar-refractivity contribution in [1.29, 1.82) is 0 Å². The second kappa shape index (κ2) is 8.88. The fourth-order valence-electron chi connectivity index (χ4n) is 3.23. The van der Waals surface area contributed by atoms with Gasteiger partial charge in [0.25, 0.3) is 0 Å². The van der Waals surface area contributed by atoms with Crippen molar-refractivity contribution in [2.75, 3.05) is 5.32 Å². The molecule has 3 aromatic carbocycles. The third-order valence-electron chi connectivity index (χ3n) is 4.73. The number of halogens is 4. The second-order valence-corrected chi connectivity index (χ2v) is 8.68. The minimum atomic E-state index is -4.67. The molecule has 0 aliphatic heterocycles. The Morgan fingerprint density at radius 3 is 2.56 bits per heavy atom. The van der Waals surface area contributed by atoms with Gasteiger partial charge in [-0.3, -0.25) is 4.79 Å². The molecule has 0 spiro atoms. The molecule has 164 valence electrons. The molecule has 0 saturated carbocycles. The summed E-state index contributed by atoms with van der Waals surface area (Å²) in [5, 5.41) is 2.01. The molecule has 4 aromatic rings. The number of aryl methyl sites for hydroxylation is 1. The number of hydrogen-bond acceptors (Lipinski definition) is 3. The number of nitrogens with zero attached hydrogens (tertiary/aromatic N) is 1. The molecule has 0 fully saturated rings. The lowest BCUT2D eigenvalue weighted by atomic mass is 10.1. The summed E-state index contributed by atoms with van der Waals surface area (Å²) in [6.45, 7) is 1.96. The van der Waals surface area contributed by atoms with Crippen LogP contribution in [0, 0.1) is 6.92 Å². The van der Waals surface area contributed by atoms with Crippen LogP contribution in [0.4, 0.5) is 18.9 Å². The monoisotopic (exact) mass is 475 g/mol. The Balaban J connectivity index is 1.67. The van der Waals surface area contributed by atoms with Gasteiger partial charge in [0.2, 0.25) is 5.91 Å². The lowest BCUT2D eigenvalue weighted by molar-refractivity contribution is -0.137. The van der Waals surface area contributed by atoms with E-state index >= 15 is 0 Å². The number of benzene rings is 3. The Bertz CT molecular complexity index is 1270. The molecule has 1 atom stereocenters. The molecule has 0 unspecified atom stereocenters. The fourth-order valence-corrected chi connectivity index (χ4v) is 4.40. The van der Waals surface area contributed by atoms with Crippen molar-refractivity contribution in [2.24, 2.45) is 0 Å². The summed E-state index contributed by atoms with van der Waals surface area (Å²) in [6, 6.07) is 17.8. The zero-order chi connectivity index (χ0) is 22.9. The molecule has 1 heterocycles. The van der Waals surface area contributed by atoms with Gasteiger partial charge in [-0.2, -0.15) is 13.2 Å². The number of H-pyrrole nitrogens is 1. The van der Waals surface area contributed by atoms with Crippen LogP contribution in [-0.4, -0.2) is 15.9 Å². The van der Waals surface area contributed by atoms with Gasteiger partial charge in [0, 0.05) is 5.02 Å². The summed E-state index contributed by atoms with van der Waals surface area (Å²) < 4.78 is 40.4. The van der Waals surface area contributed by atoms with Gasteiger partial charge in [-0.1, -0.05) is 59.8 Å². The summed E-state index contributed by atoms with van der Waals surface area (Å²) in [7, 11) is 0. The average molecular weight is 476 g/mol. The first-order valence-electron chi connectivity index (χ1n) is 9.56. The van der Waals surface area contributed by atoms with E-state index in [1.807, 2.05) is 25.1 Å². The highest BCUT2D eigenvalue weighted by Gasteiger charge is 2.35. The highest BCUT2D eigenvalue weighted by atomic mass is 35.5. The number of aromatic amines is 1. The van der Waals surface area contributed by atoms with Crippen LogP contribution in [-0.2, 0) is 11.0 Å². The minimum absolute atomic E-state index is 0.0677. The van der Waals surface area contributed by atoms with Crippen LogP contribution in [0.1, 0.15) is 21.9 Å². The molecular formula is C23H17ClF3N3OS. The number of amides is 1. The van der Waals surface area contributed by atoms with Crippen LogP contribution in [0.3, 0.4) is 0 Å². The average Bonchev–Trinajstić information content (AvgIpc) is 3.14. The number of aromatic nitrogens is 2. The van der Waals surface area contributed by atoms with Crippen molar-refractivity contribution in [2.45, 2.75) is 23.5 Å². The van der Waals surface area contributed by atoms with E-state index in [4.69, 9.17) is 11.6 Å². The van der Waals surface area contributed by atoms with E-state index < -0.39 is 22.9 Å². The zero-order valence-electron chi connectivity index (χ0n) is 16.7. The Morgan fingerprint density at radius 1 is 1.09 bits per heavy atom. The number of carbonyl (C=O) groups excluding carboxylic acids is 1. The highest BCUT2D eigenvalue weighted by molar-refractivity contribution is 8.00. The predicted octanol–water partition coefficient (Wildman–Crippen LogP) is 7.02. The van der Waals surface area contributed by atoms with Gasteiger partial charge < -0.3 is 10.3 Å². The molecule has 32 heavy (non-hydrogen) atoms. The molecule has 0 aliphatic carbocycles. The lowest BCUT2D eigenvalue weighted by Crippen LogP contribution is -2.21. The number of hydrogen-bond donors (Lipinski definition) is 2. The number of rotatable bonds is 5. The van der Waals surface area contributed by atoms with Crippen molar-refractivity contribution in [3.05, 3.63) is 88.4 Å². The number of anilines is 1. The van der Waals surface area contributed by atoms with E-state index in [1.54, 1.807) is 30.3 Å². The summed E-state index contributed by atoms with van der Waals surface area (Å²) in [5.41, 5.74) is 1.88. The van der Waals surface area contributed by atoms with E-state index in [0.29, 0.717) is 10.7 Å². The van der Waals surface area contributed by atoms with Crippen molar-refractivity contribution in [1.82, 2.24) is 9.97 Å². The quantitative estimate of drug-likeness (QED) is 0.305. The van der Waals surface area contributed by atoms with Gasteiger partial charge in [-0.05, 0) is 48.4 Å². The molecule has 0 aliphatic rings. The normalized spacial score (nSPS) is 12.7. The van der Waals surface area contributed by atoms with Crippen molar-refractivity contribution < 1.29 is 18.0 Å². The Kier molecular flexibility index (Phi) is 6.17. The molecule has 4 rings (SSSR count). The van der Waals surface area contributed by atoms with Crippen molar-refractivity contribution >= 4 is 46.0 Å². The van der Waals surface area contributed by atoms with Crippen LogP contribution in [0.2, 0.25) is 5.02 Å². The van der Waals surface area contributed by atoms with E-state index in [1.165, 1.54) is 6.07 Å². The maximum Gasteiger partial charge on any atom is 0.418 e. The highest BCUT2D eigenvalue weighted by Crippen LogP contribution is 2.39.